The van der Waals surface area contributed by atoms with Gasteiger partial charge in [0.2, 0.25) is 0 Å². The molecule has 0 atom stereocenters. The predicted molar refractivity (Wildman–Crippen MR) is 83.2 cm³/mol. The number of carbonyl (C=O) groups excluding carboxylic acids is 2. The Morgan fingerprint density at radius 3 is 2.59 bits per heavy atom. The van der Waals surface area contributed by atoms with Crippen LogP contribution in [0.5, 0.6) is 0 Å². The summed E-state index contributed by atoms with van der Waals surface area (Å²) in [4.78, 5) is 25.2. The van der Waals surface area contributed by atoms with Gasteiger partial charge >= 0.3 is 5.97 Å². The lowest BCUT2D eigenvalue weighted by Gasteiger charge is -2.20. The Bertz CT molecular complexity index is 632. The minimum absolute atomic E-state index is 0.270. The molecule has 1 amide bonds. The minimum Gasteiger partial charge on any atom is -0.465 e. The van der Waals surface area contributed by atoms with Crippen LogP contribution < -0.4 is 4.90 Å². The van der Waals surface area contributed by atoms with E-state index in [0.717, 1.165) is 5.69 Å². The summed E-state index contributed by atoms with van der Waals surface area (Å²) in [5.41, 5.74) is 0.775. The first-order chi connectivity index (χ1) is 10.7. The number of rotatable bonds is 6. The summed E-state index contributed by atoms with van der Waals surface area (Å²) in [7, 11) is 0. The number of carbonyl (C=O) groups is 2. The van der Waals surface area contributed by atoms with Crippen molar-refractivity contribution < 1.29 is 18.7 Å². The Morgan fingerprint density at radius 2 is 1.95 bits per heavy atom. The molecule has 1 aromatic carbocycles. The summed E-state index contributed by atoms with van der Waals surface area (Å²) in [5.74, 6) is -0.315. The van der Waals surface area contributed by atoms with Crippen LogP contribution in [0.4, 0.5) is 5.69 Å². The molecule has 0 unspecified atom stereocenters. The Hall–Kier alpha value is -2.82. The second-order valence-corrected chi connectivity index (χ2v) is 4.43. The number of ether oxygens (including phenoxy) is 1. The molecule has 0 aliphatic carbocycles. The summed E-state index contributed by atoms with van der Waals surface area (Å²) in [6.45, 7) is 2.07. The van der Waals surface area contributed by atoms with Gasteiger partial charge in [0.25, 0.3) is 5.91 Å². The summed E-state index contributed by atoms with van der Waals surface area (Å²) in [6.07, 6.45) is 4.22. The van der Waals surface area contributed by atoms with E-state index in [-0.39, 0.29) is 12.5 Å². The number of hydrogen-bond donors (Lipinski definition) is 0. The van der Waals surface area contributed by atoms with Gasteiger partial charge in [0, 0.05) is 18.3 Å². The molecule has 0 radical (unpaired) electrons. The van der Waals surface area contributed by atoms with Gasteiger partial charge < -0.3 is 14.1 Å². The molecule has 0 aliphatic heterocycles. The van der Waals surface area contributed by atoms with Gasteiger partial charge in [-0.05, 0) is 37.3 Å². The van der Waals surface area contributed by atoms with Crippen LogP contribution >= 0.6 is 0 Å². The van der Waals surface area contributed by atoms with E-state index in [4.69, 9.17) is 9.15 Å². The van der Waals surface area contributed by atoms with Gasteiger partial charge in [-0.1, -0.05) is 18.2 Å². The van der Waals surface area contributed by atoms with E-state index < -0.39 is 5.97 Å². The number of nitrogens with zero attached hydrogens (tertiary/aromatic N) is 1. The average molecular weight is 299 g/mol. The van der Waals surface area contributed by atoms with Crippen molar-refractivity contribution in [2.45, 2.75) is 6.92 Å². The fourth-order valence-electron chi connectivity index (χ4n) is 1.91. The fraction of sp³-hybridized carbons (Fsp3) is 0.176. The van der Waals surface area contributed by atoms with Gasteiger partial charge in [-0.2, -0.15) is 0 Å². The highest BCUT2D eigenvalue weighted by molar-refractivity contribution is 5.96. The van der Waals surface area contributed by atoms with Gasteiger partial charge in [0.15, 0.2) is 6.61 Å². The molecule has 22 heavy (non-hydrogen) atoms. The molecule has 5 heteroatoms. The third kappa shape index (κ3) is 4.34. The van der Waals surface area contributed by atoms with Crippen molar-refractivity contribution in [2.75, 3.05) is 18.1 Å². The van der Waals surface area contributed by atoms with Crippen LogP contribution in [0, 0.1) is 0 Å². The van der Waals surface area contributed by atoms with Crippen LogP contribution in [0.3, 0.4) is 0 Å². The highest BCUT2D eigenvalue weighted by Crippen LogP contribution is 2.13. The van der Waals surface area contributed by atoms with Crippen molar-refractivity contribution in [3.63, 3.8) is 0 Å². The molecule has 1 aromatic heterocycles. The third-order valence-electron chi connectivity index (χ3n) is 2.95. The summed E-state index contributed by atoms with van der Waals surface area (Å²) in [6, 6.07) is 12.7. The molecule has 2 rings (SSSR count). The molecule has 0 aliphatic rings. The van der Waals surface area contributed by atoms with E-state index in [2.05, 4.69) is 0 Å². The number of para-hydroxylation sites is 1. The van der Waals surface area contributed by atoms with E-state index in [1.54, 1.807) is 17.0 Å². The maximum Gasteiger partial charge on any atom is 0.331 e. The third-order valence-corrected chi connectivity index (χ3v) is 2.95. The maximum atomic E-state index is 12.1. The minimum atomic E-state index is -0.589. The van der Waals surface area contributed by atoms with E-state index >= 15 is 0 Å². The lowest BCUT2D eigenvalue weighted by atomic mass is 10.3. The standard InChI is InChI=1S/C17H17NO4/c1-2-18(14-7-4-3-5-8-14)16(19)13-22-17(20)11-10-15-9-6-12-21-15/h3-12H,2,13H2,1H3/b11-10+. The van der Waals surface area contributed by atoms with Gasteiger partial charge in [-0.25, -0.2) is 4.79 Å². The molecule has 0 fully saturated rings. The lowest BCUT2D eigenvalue weighted by molar-refractivity contribution is -0.142. The monoisotopic (exact) mass is 299 g/mol. The molecule has 0 saturated carbocycles. The Labute approximate surface area is 128 Å². The highest BCUT2D eigenvalue weighted by atomic mass is 16.5. The van der Waals surface area contributed by atoms with E-state index in [0.29, 0.717) is 12.3 Å². The molecule has 1 heterocycles. The second kappa shape index (κ2) is 7.83. The number of likely N-dealkylation sites (N-methyl/N-ethyl adjacent to an activating group) is 1. The summed E-state index contributed by atoms with van der Waals surface area (Å²) < 4.78 is 10.0. The summed E-state index contributed by atoms with van der Waals surface area (Å²) in [5, 5.41) is 0. The zero-order valence-corrected chi connectivity index (χ0v) is 12.3. The molecule has 5 nitrogen and oxygen atoms in total. The van der Waals surface area contributed by atoms with Crippen molar-refractivity contribution >= 4 is 23.6 Å². The number of esters is 1. The highest BCUT2D eigenvalue weighted by Gasteiger charge is 2.14. The maximum absolute atomic E-state index is 12.1. The van der Waals surface area contributed by atoms with Gasteiger partial charge in [0.05, 0.1) is 6.26 Å². The smallest absolute Gasteiger partial charge is 0.331 e. The number of benzene rings is 1. The first kappa shape index (κ1) is 15.6. The molecule has 0 N–H and O–H groups in total. The van der Waals surface area contributed by atoms with Crippen molar-refractivity contribution in [1.82, 2.24) is 0 Å². The van der Waals surface area contributed by atoms with Crippen LogP contribution in [-0.2, 0) is 14.3 Å². The molecule has 2 aromatic rings. The van der Waals surface area contributed by atoms with E-state index in [1.807, 2.05) is 37.3 Å². The molecule has 0 saturated heterocycles. The van der Waals surface area contributed by atoms with Gasteiger partial charge in [-0.3, -0.25) is 4.79 Å². The molecule has 0 bridgehead atoms. The van der Waals surface area contributed by atoms with Gasteiger partial charge in [-0.15, -0.1) is 0 Å². The number of amides is 1. The normalized spacial score (nSPS) is 10.6. The van der Waals surface area contributed by atoms with E-state index in [1.165, 1.54) is 18.4 Å². The fourth-order valence-corrected chi connectivity index (χ4v) is 1.91. The summed E-state index contributed by atoms with van der Waals surface area (Å²) >= 11 is 0. The topological polar surface area (TPSA) is 59.8 Å². The molecule has 114 valence electrons. The molecular formula is C17H17NO4. The lowest BCUT2D eigenvalue weighted by Crippen LogP contribution is -2.34. The van der Waals surface area contributed by atoms with Crippen LogP contribution in [0.1, 0.15) is 12.7 Å². The van der Waals surface area contributed by atoms with Crippen LogP contribution in [0.25, 0.3) is 6.08 Å². The number of anilines is 1. The zero-order chi connectivity index (χ0) is 15.8. The van der Waals surface area contributed by atoms with Crippen molar-refractivity contribution in [2.24, 2.45) is 0 Å². The van der Waals surface area contributed by atoms with Gasteiger partial charge in [0.1, 0.15) is 5.76 Å². The Balaban J connectivity index is 1.87. The van der Waals surface area contributed by atoms with Crippen molar-refractivity contribution in [1.29, 1.82) is 0 Å². The molecule has 0 spiro atoms. The second-order valence-electron chi connectivity index (χ2n) is 4.43. The largest absolute Gasteiger partial charge is 0.465 e. The first-order valence-electron chi connectivity index (χ1n) is 6.94. The number of hydrogen-bond acceptors (Lipinski definition) is 4. The Kier molecular flexibility index (Phi) is 5.54. The van der Waals surface area contributed by atoms with Crippen LogP contribution in [0.2, 0.25) is 0 Å². The van der Waals surface area contributed by atoms with Crippen LogP contribution in [0.15, 0.2) is 59.2 Å². The Morgan fingerprint density at radius 1 is 1.18 bits per heavy atom. The van der Waals surface area contributed by atoms with Crippen LogP contribution in [-0.4, -0.2) is 25.0 Å². The van der Waals surface area contributed by atoms with Crippen molar-refractivity contribution in [3.8, 4) is 0 Å². The first-order valence-corrected chi connectivity index (χ1v) is 6.94. The SMILES string of the molecule is CCN(C(=O)COC(=O)/C=C/c1ccco1)c1ccccc1. The molecular weight excluding hydrogens is 282 g/mol. The quantitative estimate of drug-likeness (QED) is 0.608. The van der Waals surface area contributed by atoms with Crippen molar-refractivity contribution in [3.05, 3.63) is 60.6 Å². The van der Waals surface area contributed by atoms with E-state index in [9.17, 15) is 9.59 Å². The zero-order valence-electron chi connectivity index (χ0n) is 12.3. The predicted octanol–water partition coefficient (Wildman–Crippen LogP) is 2.89. The number of furan rings is 1. The average Bonchev–Trinajstić information content (AvgIpc) is 3.06.